The lowest BCUT2D eigenvalue weighted by Gasteiger charge is -2.39. The van der Waals surface area contributed by atoms with E-state index in [9.17, 15) is 18.0 Å². The SMILES string of the molecule is CCC(=O)NCC1(C(F)(F)F)CCNCC1. The molecule has 94 valence electrons. The van der Waals surface area contributed by atoms with Gasteiger partial charge in [-0.05, 0) is 25.9 Å². The summed E-state index contributed by atoms with van der Waals surface area (Å²) < 4.78 is 38.9. The molecule has 0 spiro atoms. The largest absolute Gasteiger partial charge is 0.396 e. The van der Waals surface area contributed by atoms with Crippen molar-refractivity contribution < 1.29 is 18.0 Å². The summed E-state index contributed by atoms with van der Waals surface area (Å²) in [6.45, 7) is 2.02. The minimum Gasteiger partial charge on any atom is -0.355 e. The zero-order valence-electron chi connectivity index (χ0n) is 9.28. The summed E-state index contributed by atoms with van der Waals surface area (Å²) in [5.74, 6) is -0.331. The van der Waals surface area contributed by atoms with Crippen molar-refractivity contribution in [1.29, 1.82) is 0 Å². The number of halogens is 3. The normalized spacial score (nSPS) is 20.5. The monoisotopic (exact) mass is 238 g/mol. The topological polar surface area (TPSA) is 41.1 Å². The number of hydrogen-bond donors (Lipinski definition) is 2. The van der Waals surface area contributed by atoms with Crippen LogP contribution in [0.25, 0.3) is 0 Å². The summed E-state index contributed by atoms with van der Waals surface area (Å²) in [6.07, 6.45) is -3.98. The van der Waals surface area contributed by atoms with E-state index >= 15 is 0 Å². The molecule has 0 aromatic rings. The highest BCUT2D eigenvalue weighted by molar-refractivity contribution is 5.75. The van der Waals surface area contributed by atoms with Gasteiger partial charge in [0.2, 0.25) is 5.91 Å². The molecule has 1 aliphatic heterocycles. The molecule has 0 aromatic heterocycles. The fraction of sp³-hybridized carbons (Fsp3) is 0.900. The van der Waals surface area contributed by atoms with E-state index in [2.05, 4.69) is 10.6 Å². The molecule has 0 radical (unpaired) electrons. The van der Waals surface area contributed by atoms with Crippen LogP contribution >= 0.6 is 0 Å². The second-order valence-corrected chi connectivity index (χ2v) is 4.16. The van der Waals surface area contributed by atoms with Crippen LogP contribution in [0.5, 0.6) is 0 Å². The lowest BCUT2D eigenvalue weighted by atomic mass is 9.78. The van der Waals surface area contributed by atoms with Gasteiger partial charge >= 0.3 is 6.18 Å². The minimum atomic E-state index is -4.25. The molecule has 1 saturated heterocycles. The van der Waals surface area contributed by atoms with Crippen LogP contribution in [0.2, 0.25) is 0 Å². The zero-order valence-corrected chi connectivity index (χ0v) is 9.28. The van der Waals surface area contributed by atoms with E-state index in [1.165, 1.54) is 0 Å². The maximum Gasteiger partial charge on any atom is 0.396 e. The smallest absolute Gasteiger partial charge is 0.355 e. The first-order valence-corrected chi connectivity index (χ1v) is 5.45. The molecule has 3 nitrogen and oxygen atoms in total. The molecular formula is C10H17F3N2O. The van der Waals surface area contributed by atoms with Crippen LogP contribution in [0, 0.1) is 5.41 Å². The first-order chi connectivity index (χ1) is 7.41. The van der Waals surface area contributed by atoms with Crippen LogP contribution in [0.15, 0.2) is 0 Å². The number of piperidine rings is 1. The van der Waals surface area contributed by atoms with Crippen LogP contribution in [0.3, 0.4) is 0 Å². The molecule has 0 aliphatic carbocycles. The number of hydrogen-bond acceptors (Lipinski definition) is 2. The summed E-state index contributed by atoms with van der Waals surface area (Å²) in [5, 5.41) is 5.26. The third-order valence-electron chi connectivity index (χ3n) is 3.11. The van der Waals surface area contributed by atoms with Gasteiger partial charge in [0.15, 0.2) is 0 Å². The van der Waals surface area contributed by atoms with Gasteiger partial charge in [-0.2, -0.15) is 13.2 Å². The van der Waals surface area contributed by atoms with E-state index < -0.39 is 11.6 Å². The summed E-state index contributed by atoms with van der Waals surface area (Å²) in [6, 6.07) is 0. The summed E-state index contributed by atoms with van der Waals surface area (Å²) >= 11 is 0. The van der Waals surface area contributed by atoms with E-state index in [1.54, 1.807) is 6.92 Å². The Morgan fingerprint density at radius 2 is 1.94 bits per heavy atom. The van der Waals surface area contributed by atoms with Crippen molar-refractivity contribution in [3.8, 4) is 0 Å². The summed E-state index contributed by atoms with van der Waals surface area (Å²) in [7, 11) is 0. The molecule has 1 rings (SSSR count). The molecule has 1 fully saturated rings. The van der Waals surface area contributed by atoms with Gasteiger partial charge in [-0.1, -0.05) is 6.92 Å². The number of amides is 1. The Balaban J connectivity index is 2.67. The number of rotatable bonds is 3. The number of nitrogens with one attached hydrogen (secondary N) is 2. The Hall–Kier alpha value is -0.780. The fourth-order valence-corrected chi connectivity index (χ4v) is 1.86. The van der Waals surface area contributed by atoms with Crippen molar-refractivity contribution in [3.05, 3.63) is 0 Å². The molecule has 0 unspecified atom stereocenters. The first kappa shape index (κ1) is 13.3. The highest BCUT2D eigenvalue weighted by Crippen LogP contribution is 2.44. The molecule has 2 N–H and O–H groups in total. The van der Waals surface area contributed by atoms with Gasteiger partial charge in [0.05, 0.1) is 5.41 Å². The highest BCUT2D eigenvalue weighted by Gasteiger charge is 2.54. The van der Waals surface area contributed by atoms with Gasteiger partial charge in [-0.15, -0.1) is 0 Å². The molecule has 0 bridgehead atoms. The summed E-state index contributed by atoms with van der Waals surface area (Å²) in [4.78, 5) is 11.0. The molecule has 1 heterocycles. The number of carbonyl (C=O) groups is 1. The Kier molecular flexibility index (Phi) is 4.18. The fourth-order valence-electron chi connectivity index (χ4n) is 1.86. The second kappa shape index (κ2) is 5.03. The standard InChI is InChI=1S/C10H17F3N2O/c1-2-8(16)15-7-9(10(11,12)13)3-5-14-6-4-9/h14H,2-7H2,1H3,(H,15,16). The molecule has 1 aliphatic rings. The van der Waals surface area contributed by atoms with E-state index in [4.69, 9.17) is 0 Å². The van der Waals surface area contributed by atoms with Gasteiger partial charge in [0, 0.05) is 13.0 Å². The number of alkyl halides is 3. The lowest BCUT2D eigenvalue weighted by molar-refractivity contribution is -0.230. The van der Waals surface area contributed by atoms with Crippen LogP contribution in [-0.4, -0.2) is 31.7 Å². The van der Waals surface area contributed by atoms with E-state index in [-0.39, 0.29) is 31.7 Å². The Morgan fingerprint density at radius 3 is 2.38 bits per heavy atom. The Labute approximate surface area is 92.8 Å². The van der Waals surface area contributed by atoms with E-state index in [0.29, 0.717) is 13.1 Å². The van der Waals surface area contributed by atoms with Gasteiger partial charge in [0.25, 0.3) is 0 Å². The molecule has 0 saturated carbocycles. The molecule has 1 amide bonds. The van der Waals surface area contributed by atoms with Crippen molar-refractivity contribution in [3.63, 3.8) is 0 Å². The first-order valence-electron chi connectivity index (χ1n) is 5.45. The van der Waals surface area contributed by atoms with E-state index in [1.807, 2.05) is 0 Å². The van der Waals surface area contributed by atoms with Crippen LogP contribution in [0.1, 0.15) is 26.2 Å². The average molecular weight is 238 g/mol. The predicted molar refractivity (Wildman–Crippen MR) is 53.9 cm³/mol. The average Bonchev–Trinajstić information content (AvgIpc) is 2.25. The van der Waals surface area contributed by atoms with E-state index in [0.717, 1.165) is 0 Å². The Bertz CT molecular complexity index is 247. The van der Waals surface area contributed by atoms with Gasteiger partial charge in [-0.25, -0.2) is 0 Å². The number of carbonyl (C=O) groups excluding carboxylic acids is 1. The zero-order chi connectivity index (χ0) is 12.2. The van der Waals surface area contributed by atoms with Gasteiger partial charge in [-0.3, -0.25) is 4.79 Å². The molecule has 0 aromatic carbocycles. The molecule has 0 atom stereocenters. The maximum absolute atomic E-state index is 13.0. The lowest BCUT2D eigenvalue weighted by Crippen LogP contribution is -2.52. The third kappa shape index (κ3) is 2.87. The molecule has 16 heavy (non-hydrogen) atoms. The van der Waals surface area contributed by atoms with Crippen molar-refractivity contribution in [2.45, 2.75) is 32.4 Å². The van der Waals surface area contributed by atoms with Crippen molar-refractivity contribution in [2.75, 3.05) is 19.6 Å². The van der Waals surface area contributed by atoms with Gasteiger partial charge in [0.1, 0.15) is 0 Å². The predicted octanol–water partition coefficient (Wildman–Crippen LogP) is 1.44. The Morgan fingerprint density at radius 1 is 1.38 bits per heavy atom. The minimum absolute atomic E-state index is 0.0283. The third-order valence-corrected chi connectivity index (χ3v) is 3.11. The highest BCUT2D eigenvalue weighted by atomic mass is 19.4. The van der Waals surface area contributed by atoms with Crippen molar-refractivity contribution >= 4 is 5.91 Å². The molecular weight excluding hydrogens is 221 g/mol. The van der Waals surface area contributed by atoms with Crippen LogP contribution < -0.4 is 10.6 Å². The quantitative estimate of drug-likeness (QED) is 0.781. The maximum atomic E-state index is 13.0. The van der Waals surface area contributed by atoms with Crippen LogP contribution in [-0.2, 0) is 4.79 Å². The van der Waals surface area contributed by atoms with Crippen LogP contribution in [0.4, 0.5) is 13.2 Å². The van der Waals surface area contributed by atoms with Crippen molar-refractivity contribution in [2.24, 2.45) is 5.41 Å². The molecule has 6 heteroatoms. The van der Waals surface area contributed by atoms with Crippen molar-refractivity contribution in [1.82, 2.24) is 10.6 Å². The van der Waals surface area contributed by atoms with Gasteiger partial charge < -0.3 is 10.6 Å². The second-order valence-electron chi connectivity index (χ2n) is 4.16. The summed E-state index contributed by atoms with van der Waals surface area (Å²) in [5.41, 5.74) is -1.75.